The van der Waals surface area contributed by atoms with Gasteiger partial charge in [0.2, 0.25) is 0 Å². The summed E-state index contributed by atoms with van der Waals surface area (Å²) in [4.78, 5) is 2.51. The summed E-state index contributed by atoms with van der Waals surface area (Å²) in [5.74, 6) is 0.619. The number of ether oxygens (including phenoxy) is 1. The Bertz CT molecular complexity index is 407. The van der Waals surface area contributed by atoms with Crippen LogP contribution in [0.25, 0.3) is 6.08 Å². The fraction of sp³-hybridized carbons (Fsp3) is 0.467. The smallest absolute Gasteiger partial charge is 0.0594 e. The molecule has 0 radical (unpaired) electrons. The van der Waals surface area contributed by atoms with Gasteiger partial charge in [0.05, 0.1) is 13.2 Å². The number of benzene rings is 1. The zero-order valence-corrected chi connectivity index (χ0v) is 10.1. The quantitative estimate of drug-likeness (QED) is 0.789. The minimum Gasteiger partial charge on any atom is -0.379 e. The summed E-state index contributed by atoms with van der Waals surface area (Å²) >= 11 is 0. The van der Waals surface area contributed by atoms with Crippen molar-refractivity contribution >= 4 is 6.08 Å². The molecule has 1 heterocycles. The van der Waals surface area contributed by atoms with Crippen LogP contribution >= 0.6 is 0 Å². The van der Waals surface area contributed by atoms with Crippen LogP contribution in [0.5, 0.6) is 0 Å². The molecule has 3 rings (SSSR count). The number of rotatable bonds is 3. The predicted octanol–water partition coefficient (Wildman–Crippen LogP) is 2.52. The molecule has 1 saturated heterocycles. The Balaban J connectivity index is 1.58. The largest absolute Gasteiger partial charge is 0.379 e. The molecule has 0 N–H and O–H groups in total. The van der Waals surface area contributed by atoms with Crippen molar-refractivity contribution in [3.8, 4) is 0 Å². The maximum atomic E-state index is 5.37. The molecule has 1 atom stereocenters. The Labute approximate surface area is 103 Å². The normalized spacial score (nSPS) is 23.9. The van der Waals surface area contributed by atoms with E-state index in [1.54, 1.807) is 0 Å². The van der Waals surface area contributed by atoms with E-state index in [1.807, 2.05) is 0 Å². The fourth-order valence-corrected chi connectivity index (χ4v) is 2.72. The second kappa shape index (κ2) is 5.03. The van der Waals surface area contributed by atoms with Crippen LogP contribution < -0.4 is 0 Å². The third-order valence-corrected chi connectivity index (χ3v) is 3.76. The van der Waals surface area contributed by atoms with E-state index in [0.717, 1.165) is 26.3 Å². The zero-order valence-electron chi connectivity index (χ0n) is 10.1. The minimum absolute atomic E-state index is 0.619. The number of fused-ring (bicyclic) bond motifs is 1. The standard InChI is InChI=1S/C15H19NO/c1-2-4-15-13(3-1)5-6-14(15)7-8-16-9-11-17-12-10-16/h1-6,14H,7-12H2. The van der Waals surface area contributed by atoms with E-state index in [-0.39, 0.29) is 0 Å². The molecule has 0 amide bonds. The van der Waals surface area contributed by atoms with Crippen LogP contribution in [-0.2, 0) is 4.74 Å². The van der Waals surface area contributed by atoms with E-state index in [4.69, 9.17) is 4.74 Å². The van der Waals surface area contributed by atoms with Crippen LogP contribution in [0.2, 0.25) is 0 Å². The molecule has 17 heavy (non-hydrogen) atoms. The SMILES string of the molecule is C1=CC(CCN2CCOCC2)c2ccccc21. The lowest BCUT2D eigenvalue weighted by molar-refractivity contribution is 0.0370. The molecule has 0 aromatic heterocycles. The Morgan fingerprint density at radius 3 is 2.88 bits per heavy atom. The molecular weight excluding hydrogens is 210 g/mol. The summed E-state index contributed by atoms with van der Waals surface area (Å²) in [6.07, 6.45) is 5.85. The highest BCUT2D eigenvalue weighted by molar-refractivity contribution is 5.62. The Hall–Kier alpha value is -1.12. The van der Waals surface area contributed by atoms with Gasteiger partial charge >= 0.3 is 0 Å². The van der Waals surface area contributed by atoms with Crippen molar-refractivity contribution < 1.29 is 4.74 Å². The molecule has 0 bridgehead atoms. The summed E-state index contributed by atoms with van der Waals surface area (Å²) in [5.41, 5.74) is 2.90. The topological polar surface area (TPSA) is 12.5 Å². The van der Waals surface area contributed by atoms with Crippen molar-refractivity contribution in [2.24, 2.45) is 0 Å². The van der Waals surface area contributed by atoms with Crippen LogP contribution in [-0.4, -0.2) is 37.7 Å². The molecule has 1 aliphatic carbocycles. The van der Waals surface area contributed by atoms with E-state index in [1.165, 1.54) is 24.1 Å². The third-order valence-electron chi connectivity index (χ3n) is 3.76. The monoisotopic (exact) mass is 229 g/mol. The summed E-state index contributed by atoms with van der Waals surface area (Å²) < 4.78 is 5.37. The first-order valence-electron chi connectivity index (χ1n) is 6.51. The van der Waals surface area contributed by atoms with E-state index in [0.29, 0.717) is 5.92 Å². The molecule has 2 nitrogen and oxygen atoms in total. The van der Waals surface area contributed by atoms with Crippen molar-refractivity contribution in [3.63, 3.8) is 0 Å². The van der Waals surface area contributed by atoms with Gasteiger partial charge in [0, 0.05) is 19.0 Å². The van der Waals surface area contributed by atoms with Gasteiger partial charge in [-0.1, -0.05) is 36.4 Å². The summed E-state index contributed by atoms with van der Waals surface area (Å²) in [7, 11) is 0. The maximum absolute atomic E-state index is 5.37. The molecule has 0 saturated carbocycles. The lowest BCUT2D eigenvalue weighted by atomic mass is 9.97. The van der Waals surface area contributed by atoms with Crippen LogP contribution in [0.3, 0.4) is 0 Å². The average molecular weight is 229 g/mol. The highest BCUT2D eigenvalue weighted by Gasteiger charge is 2.18. The van der Waals surface area contributed by atoms with Crippen molar-refractivity contribution in [3.05, 3.63) is 41.5 Å². The summed E-state index contributed by atoms with van der Waals surface area (Å²) in [6.45, 7) is 5.18. The Morgan fingerprint density at radius 2 is 2.00 bits per heavy atom. The van der Waals surface area contributed by atoms with Crippen molar-refractivity contribution in [2.45, 2.75) is 12.3 Å². The molecule has 90 valence electrons. The molecule has 1 fully saturated rings. The predicted molar refractivity (Wildman–Crippen MR) is 70.1 cm³/mol. The second-order valence-corrected chi connectivity index (χ2v) is 4.84. The van der Waals surface area contributed by atoms with Crippen LogP contribution in [0.15, 0.2) is 30.3 Å². The van der Waals surface area contributed by atoms with E-state index in [2.05, 4.69) is 41.3 Å². The van der Waals surface area contributed by atoms with Gasteiger partial charge in [0.25, 0.3) is 0 Å². The summed E-state index contributed by atoms with van der Waals surface area (Å²) in [6, 6.07) is 8.74. The van der Waals surface area contributed by atoms with Gasteiger partial charge in [-0.25, -0.2) is 0 Å². The van der Waals surface area contributed by atoms with Gasteiger partial charge in [-0.2, -0.15) is 0 Å². The number of allylic oxidation sites excluding steroid dienone is 1. The lowest BCUT2D eigenvalue weighted by Gasteiger charge is -2.27. The molecule has 0 spiro atoms. The molecule has 1 unspecified atom stereocenters. The minimum atomic E-state index is 0.619. The van der Waals surface area contributed by atoms with E-state index in [9.17, 15) is 0 Å². The van der Waals surface area contributed by atoms with Gasteiger partial charge in [0.15, 0.2) is 0 Å². The summed E-state index contributed by atoms with van der Waals surface area (Å²) in [5, 5.41) is 0. The number of morpholine rings is 1. The highest BCUT2D eigenvalue weighted by atomic mass is 16.5. The van der Waals surface area contributed by atoms with Gasteiger partial charge in [-0.3, -0.25) is 4.90 Å². The van der Waals surface area contributed by atoms with E-state index >= 15 is 0 Å². The molecular formula is C15H19NO. The van der Waals surface area contributed by atoms with Crippen LogP contribution in [0.1, 0.15) is 23.5 Å². The zero-order chi connectivity index (χ0) is 11.5. The van der Waals surface area contributed by atoms with Gasteiger partial charge in [0.1, 0.15) is 0 Å². The Kier molecular flexibility index (Phi) is 3.25. The molecule has 1 aliphatic heterocycles. The lowest BCUT2D eigenvalue weighted by Crippen LogP contribution is -2.37. The van der Waals surface area contributed by atoms with Crippen LogP contribution in [0, 0.1) is 0 Å². The van der Waals surface area contributed by atoms with Crippen LogP contribution in [0.4, 0.5) is 0 Å². The first-order chi connectivity index (χ1) is 8.43. The van der Waals surface area contributed by atoms with Gasteiger partial charge < -0.3 is 4.74 Å². The first-order valence-corrected chi connectivity index (χ1v) is 6.51. The molecule has 1 aromatic rings. The second-order valence-electron chi connectivity index (χ2n) is 4.84. The number of nitrogens with zero attached hydrogens (tertiary/aromatic N) is 1. The molecule has 2 aliphatic rings. The van der Waals surface area contributed by atoms with Gasteiger partial charge in [-0.05, 0) is 24.1 Å². The van der Waals surface area contributed by atoms with E-state index < -0.39 is 0 Å². The van der Waals surface area contributed by atoms with Crippen molar-refractivity contribution in [1.82, 2.24) is 4.90 Å². The molecule has 1 aromatic carbocycles. The number of hydrogen-bond acceptors (Lipinski definition) is 2. The average Bonchev–Trinajstić information content (AvgIpc) is 2.81. The van der Waals surface area contributed by atoms with Crippen molar-refractivity contribution in [2.75, 3.05) is 32.8 Å². The number of hydrogen-bond donors (Lipinski definition) is 0. The maximum Gasteiger partial charge on any atom is 0.0594 e. The molecule has 2 heteroatoms. The Morgan fingerprint density at radius 1 is 1.18 bits per heavy atom. The fourth-order valence-electron chi connectivity index (χ4n) is 2.72. The van der Waals surface area contributed by atoms with Gasteiger partial charge in [-0.15, -0.1) is 0 Å². The third kappa shape index (κ3) is 2.43. The first kappa shape index (κ1) is 11.0. The van der Waals surface area contributed by atoms with Crippen molar-refractivity contribution in [1.29, 1.82) is 0 Å². The highest BCUT2D eigenvalue weighted by Crippen LogP contribution is 2.32.